The highest BCUT2D eigenvalue weighted by Gasteiger charge is 2.33. The maximum atomic E-state index is 12.4. The van der Waals surface area contributed by atoms with E-state index in [2.05, 4.69) is 17.6 Å². The molecule has 0 saturated carbocycles. The van der Waals surface area contributed by atoms with Crippen LogP contribution in [0.3, 0.4) is 0 Å². The Kier molecular flexibility index (Phi) is 4.62. The predicted octanol–water partition coefficient (Wildman–Crippen LogP) is 3.20. The van der Waals surface area contributed by atoms with Gasteiger partial charge in [-0.25, -0.2) is 0 Å². The van der Waals surface area contributed by atoms with Crippen LogP contribution in [0.1, 0.15) is 26.3 Å². The SMILES string of the molecule is CC1CNCC1C(=O)NC(C)(C)c1ccc(Cl)c(Cl)c1. The van der Waals surface area contributed by atoms with E-state index in [1.165, 1.54) is 0 Å². The molecule has 2 N–H and O–H groups in total. The monoisotopic (exact) mass is 314 g/mol. The molecule has 0 bridgehead atoms. The summed E-state index contributed by atoms with van der Waals surface area (Å²) >= 11 is 12.0. The Morgan fingerprint density at radius 2 is 2.00 bits per heavy atom. The van der Waals surface area contributed by atoms with Gasteiger partial charge in [-0.2, -0.15) is 0 Å². The highest BCUT2D eigenvalue weighted by atomic mass is 35.5. The smallest absolute Gasteiger partial charge is 0.225 e. The zero-order valence-corrected chi connectivity index (χ0v) is 13.5. The average Bonchev–Trinajstić information content (AvgIpc) is 2.78. The molecule has 20 heavy (non-hydrogen) atoms. The first kappa shape index (κ1) is 15.6. The van der Waals surface area contributed by atoms with Crippen LogP contribution in [-0.2, 0) is 10.3 Å². The molecule has 2 rings (SSSR count). The molecular formula is C15H20Cl2N2O. The number of hydrogen-bond acceptors (Lipinski definition) is 2. The van der Waals surface area contributed by atoms with Crippen molar-refractivity contribution in [3.8, 4) is 0 Å². The number of nitrogens with one attached hydrogen (secondary N) is 2. The van der Waals surface area contributed by atoms with Crippen molar-refractivity contribution in [1.29, 1.82) is 0 Å². The molecule has 1 aromatic rings. The first-order valence-electron chi connectivity index (χ1n) is 6.79. The summed E-state index contributed by atoms with van der Waals surface area (Å²) < 4.78 is 0. The summed E-state index contributed by atoms with van der Waals surface area (Å²) in [6, 6.07) is 5.46. The summed E-state index contributed by atoms with van der Waals surface area (Å²) in [7, 11) is 0. The van der Waals surface area contributed by atoms with Gasteiger partial charge < -0.3 is 10.6 Å². The van der Waals surface area contributed by atoms with Crippen molar-refractivity contribution >= 4 is 29.1 Å². The Bertz CT molecular complexity index is 517. The predicted molar refractivity (Wildman–Crippen MR) is 83.2 cm³/mol. The van der Waals surface area contributed by atoms with Gasteiger partial charge in [0.2, 0.25) is 5.91 Å². The number of halogens is 2. The van der Waals surface area contributed by atoms with Gasteiger partial charge in [0.15, 0.2) is 0 Å². The number of carbonyl (C=O) groups is 1. The lowest BCUT2D eigenvalue weighted by molar-refractivity contribution is -0.127. The molecule has 0 aliphatic carbocycles. The summed E-state index contributed by atoms with van der Waals surface area (Å²) in [6.45, 7) is 7.67. The molecule has 0 spiro atoms. The van der Waals surface area contributed by atoms with Gasteiger partial charge in [0.25, 0.3) is 0 Å². The van der Waals surface area contributed by atoms with Gasteiger partial charge in [-0.1, -0.05) is 36.2 Å². The molecule has 1 amide bonds. The van der Waals surface area contributed by atoms with Crippen molar-refractivity contribution < 1.29 is 4.79 Å². The minimum atomic E-state index is -0.479. The van der Waals surface area contributed by atoms with Gasteiger partial charge in [0.1, 0.15) is 0 Å². The third kappa shape index (κ3) is 3.27. The van der Waals surface area contributed by atoms with Gasteiger partial charge in [-0.05, 0) is 44.0 Å². The van der Waals surface area contributed by atoms with Crippen LogP contribution in [0.25, 0.3) is 0 Å². The summed E-state index contributed by atoms with van der Waals surface area (Å²) in [6.07, 6.45) is 0. The van der Waals surface area contributed by atoms with E-state index in [9.17, 15) is 4.79 Å². The Balaban J connectivity index is 2.13. The highest BCUT2D eigenvalue weighted by Crippen LogP contribution is 2.29. The van der Waals surface area contributed by atoms with E-state index < -0.39 is 5.54 Å². The van der Waals surface area contributed by atoms with E-state index in [0.717, 1.165) is 18.7 Å². The quantitative estimate of drug-likeness (QED) is 0.899. The fraction of sp³-hybridized carbons (Fsp3) is 0.533. The molecule has 2 unspecified atom stereocenters. The molecule has 0 aromatic heterocycles. The van der Waals surface area contributed by atoms with Crippen LogP contribution in [0, 0.1) is 11.8 Å². The van der Waals surface area contributed by atoms with E-state index in [1.54, 1.807) is 12.1 Å². The normalized spacial score (nSPS) is 22.9. The summed E-state index contributed by atoms with van der Waals surface area (Å²) in [5.41, 5.74) is 0.465. The molecule has 1 heterocycles. The second-order valence-corrected chi connectivity index (χ2v) is 6.80. The second-order valence-electron chi connectivity index (χ2n) is 5.99. The minimum Gasteiger partial charge on any atom is -0.347 e. The van der Waals surface area contributed by atoms with Gasteiger partial charge in [0.05, 0.1) is 21.5 Å². The molecule has 2 atom stereocenters. The highest BCUT2D eigenvalue weighted by molar-refractivity contribution is 6.42. The Hall–Kier alpha value is -0.770. The lowest BCUT2D eigenvalue weighted by Crippen LogP contribution is -2.45. The van der Waals surface area contributed by atoms with Gasteiger partial charge in [-0.15, -0.1) is 0 Å². The third-order valence-corrected chi connectivity index (χ3v) is 4.67. The molecule has 5 heteroatoms. The van der Waals surface area contributed by atoms with Gasteiger partial charge in [0, 0.05) is 6.54 Å². The number of hydrogen-bond donors (Lipinski definition) is 2. The van der Waals surface area contributed by atoms with E-state index in [4.69, 9.17) is 23.2 Å². The van der Waals surface area contributed by atoms with E-state index >= 15 is 0 Å². The summed E-state index contributed by atoms with van der Waals surface area (Å²) in [5.74, 6) is 0.468. The minimum absolute atomic E-state index is 0.0250. The molecule has 3 nitrogen and oxygen atoms in total. The van der Waals surface area contributed by atoms with Crippen molar-refractivity contribution in [3.63, 3.8) is 0 Å². The maximum Gasteiger partial charge on any atom is 0.225 e. The van der Waals surface area contributed by atoms with E-state index in [1.807, 2.05) is 19.9 Å². The fourth-order valence-electron chi connectivity index (χ4n) is 2.52. The molecule has 1 fully saturated rings. The molecule has 110 valence electrons. The van der Waals surface area contributed by atoms with Crippen molar-refractivity contribution in [2.75, 3.05) is 13.1 Å². The molecular weight excluding hydrogens is 295 g/mol. The Morgan fingerprint density at radius 3 is 2.55 bits per heavy atom. The molecule has 1 aromatic carbocycles. The molecule has 0 radical (unpaired) electrons. The number of benzene rings is 1. The van der Waals surface area contributed by atoms with Crippen molar-refractivity contribution in [2.24, 2.45) is 11.8 Å². The van der Waals surface area contributed by atoms with Crippen LogP contribution in [0.2, 0.25) is 10.0 Å². The number of amides is 1. The molecule has 1 saturated heterocycles. The van der Waals surface area contributed by atoms with Crippen molar-refractivity contribution in [3.05, 3.63) is 33.8 Å². The summed E-state index contributed by atoms with van der Waals surface area (Å²) in [5, 5.41) is 7.38. The van der Waals surface area contributed by atoms with E-state index in [-0.39, 0.29) is 11.8 Å². The van der Waals surface area contributed by atoms with Crippen LogP contribution in [0.4, 0.5) is 0 Å². The van der Waals surface area contributed by atoms with Crippen LogP contribution in [0.5, 0.6) is 0 Å². The zero-order valence-electron chi connectivity index (χ0n) is 12.0. The van der Waals surface area contributed by atoms with Gasteiger partial charge >= 0.3 is 0 Å². The standard InChI is InChI=1S/C15H20Cl2N2O/c1-9-7-18-8-11(9)14(20)19-15(2,3)10-4-5-12(16)13(17)6-10/h4-6,9,11,18H,7-8H2,1-3H3,(H,19,20). The molecule has 1 aliphatic heterocycles. The lowest BCUT2D eigenvalue weighted by Gasteiger charge is -2.29. The fourth-order valence-corrected chi connectivity index (χ4v) is 2.82. The second kappa shape index (κ2) is 5.92. The number of rotatable bonds is 3. The number of carbonyl (C=O) groups excluding carboxylic acids is 1. The maximum absolute atomic E-state index is 12.4. The Labute approximate surface area is 130 Å². The Morgan fingerprint density at radius 1 is 1.30 bits per heavy atom. The topological polar surface area (TPSA) is 41.1 Å². The average molecular weight is 315 g/mol. The van der Waals surface area contributed by atoms with Crippen LogP contribution < -0.4 is 10.6 Å². The van der Waals surface area contributed by atoms with Crippen molar-refractivity contribution in [1.82, 2.24) is 10.6 Å². The third-order valence-electron chi connectivity index (χ3n) is 3.93. The molecule has 1 aliphatic rings. The first-order chi connectivity index (χ1) is 9.31. The lowest BCUT2D eigenvalue weighted by atomic mass is 9.91. The van der Waals surface area contributed by atoms with Crippen LogP contribution >= 0.6 is 23.2 Å². The zero-order chi connectivity index (χ0) is 14.9. The van der Waals surface area contributed by atoms with E-state index in [0.29, 0.717) is 16.0 Å². The van der Waals surface area contributed by atoms with Crippen molar-refractivity contribution in [2.45, 2.75) is 26.3 Å². The van der Waals surface area contributed by atoms with Crippen LogP contribution in [0.15, 0.2) is 18.2 Å². The first-order valence-corrected chi connectivity index (χ1v) is 7.55. The van der Waals surface area contributed by atoms with Gasteiger partial charge in [-0.3, -0.25) is 4.79 Å². The summed E-state index contributed by atoms with van der Waals surface area (Å²) in [4.78, 5) is 12.4. The van der Waals surface area contributed by atoms with Crippen LogP contribution in [-0.4, -0.2) is 19.0 Å². The largest absolute Gasteiger partial charge is 0.347 e.